The van der Waals surface area contributed by atoms with Crippen LogP contribution in [0.3, 0.4) is 0 Å². The van der Waals surface area contributed by atoms with Gasteiger partial charge in [0.1, 0.15) is 0 Å². The van der Waals surface area contributed by atoms with E-state index in [2.05, 4.69) is 20.8 Å². The molecule has 0 radical (unpaired) electrons. The summed E-state index contributed by atoms with van der Waals surface area (Å²) in [6.45, 7) is 9.13. The van der Waals surface area contributed by atoms with Crippen LogP contribution in [-0.4, -0.2) is 23.9 Å². The van der Waals surface area contributed by atoms with Crippen LogP contribution in [0.1, 0.15) is 47.0 Å². The molecule has 0 amide bonds. The minimum atomic E-state index is -0.338. The molecule has 0 aromatic carbocycles. The lowest BCUT2D eigenvalue weighted by Gasteiger charge is -2.37. The van der Waals surface area contributed by atoms with Crippen LogP contribution >= 0.6 is 0 Å². The SMILES string of the molecule is CC(O)CO[C@@H]1C[C@H](C)CC[C@H]1C(C)C. The molecule has 1 aliphatic rings. The van der Waals surface area contributed by atoms with E-state index in [1.54, 1.807) is 6.92 Å². The minimum Gasteiger partial charge on any atom is -0.391 e. The van der Waals surface area contributed by atoms with Crippen LogP contribution in [0, 0.1) is 17.8 Å². The third-order valence-corrected chi connectivity index (χ3v) is 3.51. The number of ether oxygens (including phenoxy) is 1. The summed E-state index contributed by atoms with van der Waals surface area (Å²) in [7, 11) is 0. The zero-order valence-electron chi connectivity index (χ0n) is 10.6. The summed E-state index contributed by atoms with van der Waals surface area (Å²) >= 11 is 0. The summed E-state index contributed by atoms with van der Waals surface area (Å²) in [5.74, 6) is 2.15. The van der Waals surface area contributed by atoms with Crippen LogP contribution in [-0.2, 0) is 4.74 Å². The van der Waals surface area contributed by atoms with E-state index < -0.39 is 0 Å². The van der Waals surface area contributed by atoms with Crippen molar-refractivity contribution in [3.8, 4) is 0 Å². The summed E-state index contributed by atoms with van der Waals surface area (Å²) in [6.07, 6.45) is 3.80. The fraction of sp³-hybridized carbons (Fsp3) is 1.00. The van der Waals surface area contributed by atoms with E-state index >= 15 is 0 Å². The maximum absolute atomic E-state index is 9.25. The molecule has 0 aromatic rings. The van der Waals surface area contributed by atoms with E-state index in [1.165, 1.54) is 12.8 Å². The van der Waals surface area contributed by atoms with E-state index in [4.69, 9.17) is 4.74 Å². The summed E-state index contributed by atoms with van der Waals surface area (Å²) in [6, 6.07) is 0. The molecule has 0 aromatic heterocycles. The fourth-order valence-electron chi connectivity index (χ4n) is 2.57. The molecule has 0 heterocycles. The molecule has 2 nitrogen and oxygen atoms in total. The second kappa shape index (κ2) is 5.86. The minimum absolute atomic E-state index is 0.338. The molecule has 0 aliphatic heterocycles. The molecule has 15 heavy (non-hydrogen) atoms. The molecule has 1 rings (SSSR count). The van der Waals surface area contributed by atoms with Gasteiger partial charge in [0, 0.05) is 0 Å². The van der Waals surface area contributed by atoms with Crippen molar-refractivity contribution in [2.45, 2.75) is 59.2 Å². The Morgan fingerprint density at radius 1 is 1.27 bits per heavy atom. The number of hydrogen-bond donors (Lipinski definition) is 1. The molecule has 90 valence electrons. The quantitative estimate of drug-likeness (QED) is 0.779. The van der Waals surface area contributed by atoms with E-state index in [-0.39, 0.29) is 6.10 Å². The Balaban J connectivity index is 2.46. The zero-order valence-corrected chi connectivity index (χ0v) is 10.6. The van der Waals surface area contributed by atoms with Crippen molar-refractivity contribution in [3.05, 3.63) is 0 Å². The van der Waals surface area contributed by atoms with Crippen LogP contribution in [0.4, 0.5) is 0 Å². The van der Waals surface area contributed by atoms with Gasteiger partial charge >= 0.3 is 0 Å². The van der Waals surface area contributed by atoms with Crippen molar-refractivity contribution in [2.24, 2.45) is 17.8 Å². The van der Waals surface area contributed by atoms with Crippen LogP contribution in [0.2, 0.25) is 0 Å². The topological polar surface area (TPSA) is 29.5 Å². The normalized spacial score (nSPS) is 34.4. The zero-order chi connectivity index (χ0) is 11.4. The van der Waals surface area contributed by atoms with E-state index in [9.17, 15) is 5.11 Å². The smallest absolute Gasteiger partial charge is 0.0745 e. The molecule has 1 unspecified atom stereocenters. The van der Waals surface area contributed by atoms with Gasteiger partial charge in [0.25, 0.3) is 0 Å². The maximum atomic E-state index is 9.25. The van der Waals surface area contributed by atoms with Crippen LogP contribution in [0.25, 0.3) is 0 Å². The Bertz CT molecular complexity index is 177. The second-order valence-corrected chi connectivity index (χ2v) is 5.55. The number of aliphatic hydroxyl groups is 1. The number of rotatable bonds is 4. The highest BCUT2D eigenvalue weighted by Gasteiger charge is 2.31. The Labute approximate surface area is 94.0 Å². The highest BCUT2D eigenvalue weighted by atomic mass is 16.5. The number of aliphatic hydroxyl groups excluding tert-OH is 1. The van der Waals surface area contributed by atoms with Gasteiger partial charge in [0.05, 0.1) is 18.8 Å². The molecule has 0 spiro atoms. The first-order valence-electron chi connectivity index (χ1n) is 6.30. The van der Waals surface area contributed by atoms with E-state index in [1.807, 2.05) is 0 Å². The lowest BCUT2D eigenvalue weighted by molar-refractivity contribution is -0.0653. The van der Waals surface area contributed by atoms with Crippen molar-refractivity contribution in [2.75, 3.05) is 6.61 Å². The van der Waals surface area contributed by atoms with Gasteiger partial charge in [-0.25, -0.2) is 0 Å². The Kier molecular flexibility index (Phi) is 5.07. The largest absolute Gasteiger partial charge is 0.391 e. The molecular formula is C13H26O2. The van der Waals surface area contributed by atoms with Crippen molar-refractivity contribution in [1.29, 1.82) is 0 Å². The van der Waals surface area contributed by atoms with Gasteiger partial charge in [-0.2, -0.15) is 0 Å². The molecule has 0 saturated heterocycles. The standard InChI is InChI=1S/C13H26O2/c1-9(2)12-6-5-10(3)7-13(12)15-8-11(4)14/h9-14H,5-8H2,1-4H3/t10-,11?,12+,13-/m1/s1. The van der Waals surface area contributed by atoms with Crippen LogP contribution in [0.5, 0.6) is 0 Å². The monoisotopic (exact) mass is 214 g/mol. The summed E-state index contributed by atoms with van der Waals surface area (Å²) < 4.78 is 5.84. The van der Waals surface area contributed by atoms with Crippen molar-refractivity contribution in [3.63, 3.8) is 0 Å². The van der Waals surface area contributed by atoms with E-state index in [0.29, 0.717) is 24.5 Å². The van der Waals surface area contributed by atoms with Gasteiger partial charge in [-0.05, 0) is 37.5 Å². The van der Waals surface area contributed by atoms with Gasteiger partial charge in [0.15, 0.2) is 0 Å². The summed E-state index contributed by atoms with van der Waals surface area (Å²) in [5.41, 5.74) is 0. The summed E-state index contributed by atoms with van der Waals surface area (Å²) in [5, 5.41) is 9.25. The Morgan fingerprint density at radius 2 is 1.93 bits per heavy atom. The predicted octanol–water partition coefficient (Wildman–Crippen LogP) is 2.84. The molecule has 2 heteroatoms. The molecule has 4 atom stereocenters. The number of hydrogen-bond acceptors (Lipinski definition) is 2. The van der Waals surface area contributed by atoms with E-state index in [0.717, 1.165) is 12.3 Å². The third kappa shape index (κ3) is 4.12. The van der Waals surface area contributed by atoms with Crippen molar-refractivity contribution in [1.82, 2.24) is 0 Å². The second-order valence-electron chi connectivity index (χ2n) is 5.55. The first kappa shape index (κ1) is 13.0. The highest BCUT2D eigenvalue weighted by Crippen LogP contribution is 2.35. The van der Waals surface area contributed by atoms with Crippen LogP contribution in [0.15, 0.2) is 0 Å². The fourth-order valence-corrected chi connectivity index (χ4v) is 2.57. The molecule has 0 bridgehead atoms. The first-order valence-corrected chi connectivity index (χ1v) is 6.30. The predicted molar refractivity (Wildman–Crippen MR) is 62.8 cm³/mol. The molecule has 1 aliphatic carbocycles. The van der Waals surface area contributed by atoms with Gasteiger partial charge in [-0.1, -0.05) is 27.2 Å². The average molecular weight is 214 g/mol. The average Bonchev–Trinajstić information content (AvgIpc) is 2.14. The highest BCUT2D eigenvalue weighted by molar-refractivity contribution is 4.81. The van der Waals surface area contributed by atoms with Gasteiger partial charge in [-0.15, -0.1) is 0 Å². The molecular weight excluding hydrogens is 188 g/mol. The van der Waals surface area contributed by atoms with Crippen molar-refractivity contribution >= 4 is 0 Å². The van der Waals surface area contributed by atoms with Gasteiger partial charge in [0.2, 0.25) is 0 Å². The molecule has 1 saturated carbocycles. The van der Waals surface area contributed by atoms with Gasteiger partial charge in [-0.3, -0.25) is 0 Å². The first-order chi connectivity index (χ1) is 7.00. The van der Waals surface area contributed by atoms with Crippen LogP contribution < -0.4 is 0 Å². The third-order valence-electron chi connectivity index (χ3n) is 3.51. The lowest BCUT2D eigenvalue weighted by Crippen LogP contribution is -2.35. The Morgan fingerprint density at radius 3 is 2.47 bits per heavy atom. The summed E-state index contributed by atoms with van der Waals surface area (Å²) in [4.78, 5) is 0. The molecule has 1 N–H and O–H groups in total. The maximum Gasteiger partial charge on any atom is 0.0745 e. The van der Waals surface area contributed by atoms with Gasteiger partial charge < -0.3 is 9.84 Å². The molecule has 1 fully saturated rings. The Hall–Kier alpha value is -0.0800. The lowest BCUT2D eigenvalue weighted by atomic mass is 9.75. The van der Waals surface area contributed by atoms with Crippen molar-refractivity contribution < 1.29 is 9.84 Å².